The lowest BCUT2D eigenvalue weighted by Crippen LogP contribution is -2.26. The predicted molar refractivity (Wildman–Crippen MR) is 105 cm³/mol. The zero-order valence-corrected chi connectivity index (χ0v) is 16.8. The maximum atomic E-state index is 12.4. The van der Waals surface area contributed by atoms with Crippen LogP contribution >= 0.6 is 46.1 Å². The summed E-state index contributed by atoms with van der Waals surface area (Å²) >= 11 is 18.9. The molecule has 0 spiro atoms. The molecule has 0 bridgehead atoms. The number of hydrogen-bond acceptors (Lipinski definition) is 3. The number of hydrogen-bond donors (Lipinski definition) is 1. The summed E-state index contributed by atoms with van der Waals surface area (Å²) in [6, 6.07) is 7.53. The molecule has 1 N–H and O–H groups in total. The van der Waals surface area contributed by atoms with Gasteiger partial charge >= 0.3 is 0 Å². The lowest BCUT2D eigenvalue weighted by atomic mass is 10.1. The van der Waals surface area contributed by atoms with Gasteiger partial charge < -0.3 is 5.32 Å². The summed E-state index contributed by atoms with van der Waals surface area (Å²) in [6.07, 6.45) is 1.75. The summed E-state index contributed by atoms with van der Waals surface area (Å²) in [5, 5.41) is 6.50. The third-order valence-corrected chi connectivity index (χ3v) is 5.96. The van der Waals surface area contributed by atoms with Crippen molar-refractivity contribution in [2.75, 3.05) is 0 Å². The van der Waals surface area contributed by atoms with Gasteiger partial charge in [-0.1, -0.05) is 60.8 Å². The average Bonchev–Trinajstić information content (AvgIpc) is 2.89. The molecule has 7 heteroatoms. The molecule has 1 saturated carbocycles. The lowest BCUT2D eigenvalue weighted by molar-refractivity contribution is -0.123. The summed E-state index contributed by atoms with van der Waals surface area (Å²) in [6.45, 7) is 4.49. The number of rotatable bonds is 5. The molecule has 2 atom stereocenters. The van der Waals surface area contributed by atoms with Crippen molar-refractivity contribution in [3.8, 4) is 11.3 Å². The first-order valence-electron chi connectivity index (χ1n) is 7.80. The van der Waals surface area contributed by atoms with Gasteiger partial charge in [-0.05, 0) is 29.5 Å². The summed E-state index contributed by atoms with van der Waals surface area (Å²) in [5.74, 6) is -0.0433. The first kappa shape index (κ1) is 18.7. The first-order chi connectivity index (χ1) is 11.8. The molecule has 1 aromatic carbocycles. The Hall–Kier alpha value is -1.07. The van der Waals surface area contributed by atoms with Crippen molar-refractivity contribution in [2.45, 2.75) is 20.4 Å². The Balaban J connectivity index is 1.60. The van der Waals surface area contributed by atoms with Gasteiger partial charge in [-0.25, -0.2) is 4.98 Å². The van der Waals surface area contributed by atoms with Crippen molar-refractivity contribution in [1.82, 2.24) is 10.3 Å². The summed E-state index contributed by atoms with van der Waals surface area (Å²) in [7, 11) is 0. The van der Waals surface area contributed by atoms with Crippen molar-refractivity contribution < 1.29 is 4.79 Å². The van der Waals surface area contributed by atoms with Crippen LogP contribution in [-0.2, 0) is 11.3 Å². The Kier molecular flexibility index (Phi) is 5.45. The fourth-order valence-electron chi connectivity index (χ4n) is 3.04. The van der Waals surface area contributed by atoms with Gasteiger partial charge in [-0.2, -0.15) is 0 Å². The van der Waals surface area contributed by atoms with Crippen LogP contribution in [0.4, 0.5) is 0 Å². The zero-order chi connectivity index (χ0) is 18.2. The molecule has 1 aromatic heterocycles. The Morgan fingerprint density at radius 1 is 1.32 bits per heavy atom. The van der Waals surface area contributed by atoms with Gasteiger partial charge in [0.05, 0.1) is 18.2 Å². The maximum absolute atomic E-state index is 12.4. The van der Waals surface area contributed by atoms with Crippen molar-refractivity contribution in [2.24, 2.45) is 17.3 Å². The minimum atomic E-state index is -0.129. The van der Waals surface area contributed by atoms with Crippen LogP contribution in [0.1, 0.15) is 18.9 Å². The number of carbonyl (C=O) groups excluding carboxylic acids is 1. The number of carbonyl (C=O) groups is 1. The second-order valence-electron chi connectivity index (χ2n) is 6.63. The number of amides is 1. The van der Waals surface area contributed by atoms with Crippen LogP contribution in [0.5, 0.6) is 0 Å². The highest BCUT2D eigenvalue weighted by molar-refractivity contribution is 7.09. The largest absolute Gasteiger partial charge is 0.349 e. The van der Waals surface area contributed by atoms with E-state index in [1.165, 1.54) is 11.3 Å². The maximum Gasteiger partial charge on any atom is 0.224 e. The second-order valence-corrected chi connectivity index (χ2v) is 9.02. The van der Waals surface area contributed by atoms with E-state index >= 15 is 0 Å². The third kappa shape index (κ3) is 4.20. The van der Waals surface area contributed by atoms with Crippen molar-refractivity contribution >= 4 is 52.0 Å². The molecule has 0 saturated heterocycles. The van der Waals surface area contributed by atoms with Crippen LogP contribution in [0.25, 0.3) is 11.3 Å². The highest BCUT2D eigenvalue weighted by Crippen LogP contribution is 2.59. The molecule has 3 rings (SSSR count). The molecule has 132 valence electrons. The standard InChI is InChI=1S/C18H17Cl3N2OS/c1-18(2)12(7-14(20)21)16(18)17(24)22-8-15-23-13(9-25-15)10-3-5-11(19)6-4-10/h3-7,9,12,16H,8H2,1-2H3,(H,22,24). The Bertz CT molecular complexity index is 810. The van der Waals surface area contributed by atoms with Gasteiger partial charge in [0, 0.05) is 16.0 Å². The molecule has 1 fully saturated rings. The Morgan fingerprint density at radius 3 is 2.64 bits per heavy atom. The van der Waals surface area contributed by atoms with Crippen LogP contribution in [-0.4, -0.2) is 10.9 Å². The number of thiazole rings is 1. The van der Waals surface area contributed by atoms with E-state index in [0.29, 0.717) is 11.6 Å². The molecule has 1 aliphatic rings. The number of benzene rings is 1. The van der Waals surface area contributed by atoms with Crippen LogP contribution in [0.15, 0.2) is 40.2 Å². The molecular weight excluding hydrogens is 399 g/mol. The van der Waals surface area contributed by atoms with E-state index in [9.17, 15) is 4.79 Å². The van der Waals surface area contributed by atoms with Crippen molar-refractivity contribution in [3.05, 3.63) is 50.2 Å². The molecule has 25 heavy (non-hydrogen) atoms. The van der Waals surface area contributed by atoms with E-state index < -0.39 is 0 Å². The van der Waals surface area contributed by atoms with Gasteiger partial charge in [0.1, 0.15) is 9.50 Å². The van der Waals surface area contributed by atoms with Crippen LogP contribution in [0.3, 0.4) is 0 Å². The average molecular weight is 416 g/mol. The van der Waals surface area contributed by atoms with E-state index in [2.05, 4.69) is 10.3 Å². The van der Waals surface area contributed by atoms with Crippen LogP contribution in [0.2, 0.25) is 5.02 Å². The summed E-state index contributed by atoms with van der Waals surface area (Å²) in [5.41, 5.74) is 1.76. The molecule has 3 nitrogen and oxygen atoms in total. The zero-order valence-electron chi connectivity index (χ0n) is 13.7. The monoisotopic (exact) mass is 414 g/mol. The van der Waals surface area contributed by atoms with Gasteiger partial charge in [0.2, 0.25) is 5.91 Å². The van der Waals surface area contributed by atoms with Crippen molar-refractivity contribution in [1.29, 1.82) is 0 Å². The molecule has 1 amide bonds. The quantitative estimate of drug-likeness (QED) is 0.683. The van der Waals surface area contributed by atoms with Gasteiger partial charge in [0.15, 0.2) is 0 Å². The van der Waals surface area contributed by atoms with Crippen molar-refractivity contribution in [3.63, 3.8) is 0 Å². The highest BCUT2D eigenvalue weighted by atomic mass is 35.5. The fraction of sp³-hybridized carbons (Fsp3) is 0.333. The van der Waals surface area contributed by atoms with Gasteiger partial charge in [0.25, 0.3) is 0 Å². The smallest absolute Gasteiger partial charge is 0.224 e. The molecule has 2 unspecified atom stereocenters. The number of halogens is 3. The van der Waals surface area contributed by atoms with E-state index in [-0.39, 0.29) is 27.6 Å². The Morgan fingerprint density at radius 2 is 2.00 bits per heavy atom. The van der Waals surface area contributed by atoms with E-state index in [4.69, 9.17) is 34.8 Å². The van der Waals surface area contributed by atoms with E-state index in [0.717, 1.165) is 16.3 Å². The molecule has 1 aliphatic carbocycles. The predicted octanol–water partition coefficient (Wildman–Crippen LogP) is 5.67. The second kappa shape index (κ2) is 7.28. The van der Waals surface area contributed by atoms with Gasteiger partial charge in [-0.3, -0.25) is 4.79 Å². The first-order valence-corrected chi connectivity index (χ1v) is 9.81. The molecule has 0 radical (unpaired) electrons. The van der Waals surface area contributed by atoms with E-state index in [1.807, 2.05) is 43.5 Å². The topological polar surface area (TPSA) is 42.0 Å². The molecular formula is C18H17Cl3N2OS. The highest BCUT2D eigenvalue weighted by Gasteiger charge is 2.60. The van der Waals surface area contributed by atoms with E-state index in [1.54, 1.807) is 6.08 Å². The van der Waals surface area contributed by atoms with Crippen LogP contribution < -0.4 is 5.32 Å². The SMILES string of the molecule is CC1(C)C(C=C(Cl)Cl)C1C(=O)NCc1nc(-c2ccc(Cl)cc2)cs1. The lowest BCUT2D eigenvalue weighted by Gasteiger charge is -2.04. The molecule has 1 heterocycles. The number of allylic oxidation sites excluding steroid dienone is 1. The molecule has 2 aromatic rings. The fourth-order valence-corrected chi connectivity index (χ4v) is 4.18. The summed E-state index contributed by atoms with van der Waals surface area (Å²) < 4.78 is 0.209. The minimum Gasteiger partial charge on any atom is -0.349 e. The number of nitrogens with zero attached hydrogens (tertiary/aromatic N) is 1. The third-order valence-electron chi connectivity index (χ3n) is 4.60. The summed E-state index contributed by atoms with van der Waals surface area (Å²) in [4.78, 5) is 17.0. The van der Waals surface area contributed by atoms with Gasteiger partial charge in [-0.15, -0.1) is 11.3 Å². The number of aromatic nitrogens is 1. The number of nitrogens with one attached hydrogen (secondary N) is 1. The Labute approximate surface area is 166 Å². The minimum absolute atomic E-state index is 0.00377. The normalized spacial score (nSPS) is 20.8. The van der Waals surface area contributed by atoms with Crippen LogP contribution in [0, 0.1) is 17.3 Å². The molecule has 0 aliphatic heterocycles.